The number of likely N-dealkylation sites (tertiary alicyclic amines) is 1. The number of nitriles is 1. The molecule has 1 fully saturated rings. The number of anilines is 3. The lowest BCUT2D eigenvalue weighted by atomic mass is 10.0. The van der Waals surface area contributed by atoms with Crippen LogP contribution < -0.4 is 10.2 Å². The molecule has 4 rings (SSSR count). The van der Waals surface area contributed by atoms with Gasteiger partial charge in [-0.3, -0.25) is 4.90 Å². The Morgan fingerprint density at radius 1 is 1.14 bits per heavy atom. The first-order valence-electron chi connectivity index (χ1n) is 11.9. The molecule has 10 heteroatoms. The van der Waals surface area contributed by atoms with Crippen LogP contribution in [0.2, 0.25) is 0 Å². The molecule has 186 valence electrons. The van der Waals surface area contributed by atoms with Gasteiger partial charge in [0.15, 0.2) is 5.65 Å². The van der Waals surface area contributed by atoms with E-state index in [4.69, 9.17) is 28.2 Å². The largest absolute Gasteiger partial charge is 0.369 e. The summed E-state index contributed by atoms with van der Waals surface area (Å²) in [5, 5.41) is 17.5. The standard InChI is InChI=1S/C25H32Cl2N8/c1-32(2)22-6-10-33(11-7-22)18-21-15-24(35-25(31-21)19(16-28)17-29-35)30-20-4-3-5-23(14-20)34(12-8-26)13-9-27/h3-5,14-15,17,22,30H,6-13,18H2,1-2H3. The fraction of sp³-hybridized carbons (Fsp3) is 0.480. The van der Waals surface area contributed by atoms with E-state index >= 15 is 0 Å². The van der Waals surface area contributed by atoms with Crippen LogP contribution in [0.15, 0.2) is 36.5 Å². The van der Waals surface area contributed by atoms with E-state index in [0.29, 0.717) is 29.0 Å². The highest BCUT2D eigenvalue weighted by molar-refractivity contribution is 6.18. The van der Waals surface area contributed by atoms with Gasteiger partial charge in [-0.1, -0.05) is 6.07 Å². The number of alkyl halides is 2. The van der Waals surface area contributed by atoms with Crippen LogP contribution in [0.3, 0.4) is 0 Å². The van der Waals surface area contributed by atoms with E-state index in [-0.39, 0.29) is 0 Å². The molecule has 0 aliphatic carbocycles. The first kappa shape index (κ1) is 25.5. The second kappa shape index (κ2) is 11.9. The van der Waals surface area contributed by atoms with Crippen molar-refractivity contribution in [3.63, 3.8) is 0 Å². The topological polar surface area (TPSA) is 75.7 Å². The Balaban J connectivity index is 1.60. The summed E-state index contributed by atoms with van der Waals surface area (Å²) in [5.74, 6) is 1.82. The molecule has 2 aromatic heterocycles. The predicted molar refractivity (Wildman–Crippen MR) is 143 cm³/mol. The minimum Gasteiger partial charge on any atom is -0.369 e. The van der Waals surface area contributed by atoms with Crippen molar-refractivity contribution in [3.05, 3.63) is 47.8 Å². The van der Waals surface area contributed by atoms with Crippen LogP contribution in [0.4, 0.5) is 17.2 Å². The Bertz CT molecular complexity index is 1160. The second-order valence-electron chi connectivity index (χ2n) is 9.05. The molecule has 35 heavy (non-hydrogen) atoms. The molecule has 3 aromatic rings. The van der Waals surface area contributed by atoms with E-state index in [0.717, 1.165) is 68.5 Å². The number of nitrogens with zero attached hydrogens (tertiary/aromatic N) is 7. The number of halogens is 2. The summed E-state index contributed by atoms with van der Waals surface area (Å²) in [6.45, 7) is 4.23. The smallest absolute Gasteiger partial charge is 0.175 e. The molecule has 3 heterocycles. The van der Waals surface area contributed by atoms with E-state index in [1.807, 2.05) is 18.2 Å². The first-order valence-corrected chi connectivity index (χ1v) is 13.0. The van der Waals surface area contributed by atoms with E-state index < -0.39 is 0 Å². The minimum atomic E-state index is 0.463. The Morgan fingerprint density at radius 2 is 1.89 bits per heavy atom. The maximum Gasteiger partial charge on any atom is 0.175 e. The third-order valence-electron chi connectivity index (χ3n) is 6.51. The lowest BCUT2D eigenvalue weighted by Crippen LogP contribution is -2.41. The van der Waals surface area contributed by atoms with Gasteiger partial charge in [0.05, 0.1) is 11.9 Å². The van der Waals surface area contributed by atoms with Gasteiger partial charge in [0, 0.05) is 68.0 Å². The summed E-state index contributed by atoms with van der Waals surface area (Å²) < 4.78 is 1.70. The molecule has 0 radical (unpaired) electrons. The number of fused-ring (bicyclic) bond motifs is 1. The van der Waals surface area contributed by atoms with Crippen LogP contribution in [-0.4, -0.2) is 82.5 Å². The van der Waals surface area contributed by atoms with Crippen LogP contribution in [0.25, 0.3) is 5.65 Å². The van der Waals surface area contributed by atoms with Crippen molar-refractivity contribution in [3.8, 4) is 6.07 Å². The van der Waals surface area contributed by atoms with Gasteiger partial charge in [-0.05, 0) is 45.1 Å². The third-order valence-corrected chi connectivity index (χ3v) is 6.85. The van der Waals surface area contributed by atoms with Gasteiger partial charge in [-0.25, -0.2) is 4.98 Å². The Morgan fingerprint density at radius 3 is 2.54 bits per heavy atom. The average Bonchev–Trinajstić information content (AvgIpc) is 3.28. The Labute approximate surface area is 217 Å². The maximum atomic E-state index is 9.59. The average molecular weight is 515 g/mol. The van der Waals surface area contributed by atoms with Gasteiger partial charge in [0.25, 0.3) is 0 Å². The molecule has 0 atom stereocenters. The molecule has 1 aromatic carbocycles. The van der Waals surface area contributed by atoms with Gasteiger partial charge in [-0.2, -0.15) is 14.9 Å². The fourth-order valence-corrected chi connectivity index (χ4v) is 5.00. The minimum absolute atomic E-state index is 0.463. The van der Waals surface area contributed by atoms with Crippen LogP contribution in [0.5, 0.6) is 0 Å². The normalized spacial score (nSPS) is 15.0. The van der Waals surface area contributed by atoms with Crippen molar-refractivity contribution in [1.82, 2.24) is 24.4 Å². The lowest BCUT2D eigenvalue weighted by molar-refractivity contribution is 0.139. The molecular weight excluding hydrogens is 483 g/mol. The van der Waals surface area contributed by atoms with Gasteiger partial charge in [0.1, 0.15) is 17.5 Å². The van der Waals surface area contributed by atoms with E-state index in [2.05, 4.69) is 57.4 Å². The highest BCUT2D eigenvalue weighted by Gasteiger charge is 2.22. The third kappa shape index (κ3) is 6.17. The molecule has 1 saturated heterocycles. The first-order chi connectivity index (χ1) is 17.0. The van der Waals surface area contributed by atoms with E-state index in [9.17, 15) is 5.26 Å². The van der Waals surface area contributed by atoms with Crippen molar-refractivity contribution in [1.29, 1.82) is 5.26 Å². The lowest BCUT2D eigenvalue weighted by Gasteiger charge is -2.35. The van der Waals surface area contributed by atoms with Crippen molar-refractivity contribution in [2.24, 2.45) is 0 Å². The molecule has 1 N–H and O–H groups in total. The molecular formula is C25H32Cl2N8. The molecule has 0 unspecified atom stereocenters. The van der Waals surface area contributed by atoms with Crippen molar-refractivity contribution in [2.45, 2.75) is 25.4 Å². The zero-order valence-electron chi connectivity index (χ0n) is 20.3. The fourth-order valence-electron chi connectivity index (χ4n) is 4.59. The number of piperidine rings is 1. The molecule has 0 saturated carbocycles. The van der Waals surface area contributed by atoms with Crippen LogP contribution in [-0.2, 0) is 6.54 Å². The summed E-state index contributed by atoms with van der Waals surface area (Å²) in [7, 11) is 4.30. The van der Waals surface area contributed by atoms with Crippen LogP contribution in [0, 0.1) is 11.3 Å². The Hall–Kier alpha value is -2.57. The maximum absolute atomic E-state index is 9.59. The summed E-state index contributed by atoms with van der Waals surface area (Å²) >= 11 is 12.0. The van der Waals surface area contributed by atoms with E-state index in [1.54, 1.807) is 10.7 Å². The van der Waals surface area contributed by atoms with Gasteiger partial charge < -0.3 is 15.1 Å². The van der Waals surface area contributed by atoms with Crippen molar-refractivity contribution >= 4 is 46.0 Å². The van der Waals surface area contributed by atoms with Crippen LogP contribution >= 0.6 is 23.2 Å². The predicted octanol–water partition coefficient (Wildman–Crippen LogP) is 4.15. The number of nitrogens with one attached hydrogen (secondary N) is 1. The van der Waals surface area contributed by atoms with Gasteiger partial charge in [0.2, 0.25) is 0 Å². The zero-order valence-corrected chi connectivity index (χ0v) is 21.8. The highest BCUT2D eigenvalue weighted by atomic mass is 35.5. The number of hydrogen-bond acceptors (Lipinski definition) is 7. The second-order valence-corrected chi connectivity index (χ2v) is 9.81. The van der Waals surface area contributed by atoms with Gasteiger partial charge in [-0.15, -0.1) is 23.2 Å². The Kier molecular flexibility index (Phi) is 8.69. The monoisotopic (exact) mass is 514 g/mol. The number of aromatic nitrogens is 3. The number of rotatable bonds is 10. The highest BCUT2D eigenvalue weighted by Crippen LogP contribution is 2.25. The molecule has 1 aliphatic heterocycles. The SMILES string of the molecule is CN(C)C1CCN(Cc2cc(Nc3cccc(N(CCCl)CCCl)c3)n3ncc(C#N)c3n2)CC1. The summed E-state index contributed by atoms with van der Waals surface area (Å²) in [4.78, 5) is 11.7. The molecule has 0 amide bonds. The number of hydrogen-bond donors (Lipinski definition) is 1. The van der Waals surface area contributed by atoms with Crippen molar-refractivity contribution in [2.75, 3.05) is 62.3 Å². The summed E-state index contributed by atoms with van der Waals surface area (Å²) in [6, 6.07) is 13.0. The molecule has 0 spiro atoms. The molecule has 1 aliphatic rings. The van der Waals surface area contributed by atoms with Crippen LogP contribution in [0.1, 0.15) is 24.1 Å². The quantitative estimate of drug-likeness (QED) is 0.407. The van der Waals surface area contributed by atoms with Crippen molar-refractivity contribution < 1.29 is 0 Å². The summed E-state index contributed by atoms with van der Waals surface area (Å²) in [6.07, 6.45) is 3.85. The van der Waals surface area contributed by atoms with Gasteiger partial charge >= 0.3 is 0 Å². The van der Waals surface area contributed by atoms with E-state index in [1.165, 1.54) is 0 Å². The number of benzene rings is 1. The summed E-state index contributed by atoms with van der Waals surface area (Å²) in [5.41, 5.74) is 3.91. The molecule has 0 bridgehead atoms. The molecule has 8 nitrogen and oxygen atoms in total. The zero-order chi connectivity index (χ0) is 24.8.